The molecule has 3 unspecified atom stereocenters. The minimum atomic E-state index is 0.106. The first-order chi connectivity index (χ1) is 7.19. The smallest absolute Gasteiger partial charge is 0.223 e. The normalized spacial score (nSPS) is 27.7. The number of hydrogen-bond acceptors (Lipinski definition) is 2. The molecule has 0 heterocycles. The summed E-state index contributed by atoms with van der Waals surface area (Å²) in [5.74, 6) is 0.542. The molecule has 0 aromatic carbocycles. The maximum Gasteiger partial charge on any atom is 0.223 e. The average molecular weight is 213 g/mol. The lowest BCUT2D eigenvalue weighted by Crippen LogP contribution is -2.41. The van der Waals surface area contributed by atoms with Gasteiger partial charge < -0.3 is 10.4 Å². The van der Waals surface area contributed by atoms with Gasteiger partial charge in [-0.2, -0.15) is 0 Å². The molecule has 2 N–H and O–H groups in total. The summed E-state index contributed by atoms with van der Waals surface area (Å²) in [6, 6.07) is 0.210. The van der Waals surface area contributed by atoms with E-state index in [4.69, 9.17) is 5.11 Å². The summed E-state index contributed by atoms with van der Waals surface area (Å²) < 4.78 is 0. The van der Waals surface area contributed by atoms with Gasteiger partial charge in [-0.15, -0.1) is 0 Å². The number of rotatable bonds is 5. The highest BCUT2D eigenvalue weighted by Crippen LogP contribution is 2.25. The van der Waals surface area contributed by atoms with Crippen LogP contribution >= 0.6 is 0 Å². The third-order valence-corrected chi connectivity index (χ3v) is 3.39. The number of carbonyl (C=O) groups excluding carboxylic acids is 1. The van der Waals surface area contributed by atoms with Gasteiger partial charge in [-0.3, -0.25) is 4.79 Å². The standard InChI is InChI=1S/C12H23NO2/c1-3-5-9(2)12(15)13-11-7-4-6-10(11)8-14/h9-11,14H,3-8H2,1-2H3,(H,13,15). The molecule has 0 radical (unpaired) electrons. The lowest BCUT2D eigenvalue weighted by molar-refractivity contribution is -0.125. The molecule has 0 aliphatic heterocycles. The fraction of sp³-hybridized carbons (Fsp3) is 0.917. The molecule has 0 saturated heterocycles. The Morgan fingerprint density at radius 3 is 2.87 bits per heavy atom. The van der Waals surface area contributed by atoms with Crippen LogP contribution < -0.4 is 5.32 Å². The van der Waals surface area contributed by atoms with Gasteiger partial charge in [0.15, 0.2) is 0 Å². The molecule has 15 heavy (non-hydrogen) atoms. The zero-order valence-electron chi connectivity index (χ0n) is 9.83. The second-order valence-electron chi connectivity index (χ2n) is 4.68. The second kappa shape index (κ2) is 6.11. The van der Waals surface area contributed by atoms with Gasteiger partial charge in [0.1, 0.15) is 0 Å². The molecule has 1 aliphatic carbocycles. The van der Waals surface area contributed by atoms with E-state index in [-0.39, 0.29) is 30.4 Å². The summed E-state index contributed by atoms with van der Waals surface area (Å²) in [7, 11) is 0. The summed E-state index contributed by atoms with van der Waals surface area (Å²) in [6.45, 7) is 4.27. The largest absolute Gasteiger partial charge is 0.396 e. The van der Waals surface area contributed by atoms with Crippen LogP contribution in [0.15, 0.2) is 0 Å². The fourth-order valence-corrected chi connectivity index (χ4v) is 2.33. The number of aliphatic hydroxyl groups is 1. The Morgan fingerprint density at radius 1 is 1.53 bits per heavy atom. The maximum atomic E-state index is 11.8. The predicted molar refractivity (Wildman–Crippen MR) is 60.4 cm³/mol. The molecule has 1 rings (SSSR count). The quantitative estimate of drug-likeness (QED) is 0.730. The second-order valence-corrected chi connectivity index (χ2v) is 4.68. The van der Waals surface area contributed by atoms with Crippen molar-refractivity contribution in [2.45, 2.75) is 52.0 Å². The summed E-state index contributed by atoms with van der Waals surface area (Å²) in [6.07, 6.45) is 5.18. The van der Waals surface area contributed by atoms with E-state index in [0.717, 1.165) is 32.1 Å². The first kappa shape index (κ1) is 12.5. The predicted octanol–water partition coefficient (Wildman–Crippen LogP) is 1.70. The van der Waals surface area contributed by atoms with Gasteiger partial charge >= 0.3 is 0 Å². The Labute approximate surface area is 92.3 Å². The van der Waals surface area contributed by atoms with Crippen LogP contribution in [0.5, 0.6) is 0 Å². The van der Waals surface area contributed by atoms with Crippen LogP contribution in [0.1, 0.15) is 46.0 Å². The summed E-state index contributed by atoms with van der Waals surface area (Å²) >= 11 is 0. The van der Waals surface area contributed by atoms with Crippen LogP contribution in [0.2, 0.25) is 0 Å². The first-order valence-corrected chi connectivity index (χ1v) is 6.10. The maximum absolute atomic E-state index is 11.8. The minimum Gasteiger partial charge on any atom is -0.396 e. The van der Waals surface area contributed by atoms with Crippen molar-refractivity contribution < 1.29 is 9.90 Å². The van der Waals surface area contributed by atoms with Crippen LogP contribution in [-0.2, 0) is 4.79 Å². The highest BCUT2D eigenvalue weighted by Gasteiger charge is 2.28. The van der Waals surface area contributed by atoms with E-state index in [1.54, 1.807) is 0 Å². The molecular weight excluding hydrogens is 190 g/mol. The van der Waals surface area contributed by atoms with Crippen molar-refractivity contribution in [2.75, 3.05) is 6.61 Å². The van der Waals surface area contributed by atoms with Crippen molar-refractivity contribution in [3.8, 4) is 0 Å². The van der Waals surface area contributed by atoms with E-state index >= 15 is 0 Å². The molecular formula is C12H23NO2. The topological polar surface area (TPSA) is 49.3 Å². The summed E-state index contributed by atoms with van der Waals surface area (Å²) in [5, 5.41) is 12.2. The van der Waals surface area contributed by atoms with Crippen molar-refractivity contribution >= 4 is 5.91 Å². The molecule has 1 amide bonds. The van der Waals surface area contributed by atoms with Crippen LogP contribution in [0.3, 0.4) is 0 Å². The number of hydrogen-bond donors (Lipinski definition) is 2. The van der Waals surface area contributed by atoms with Crippen molar-refractivity contribution in [1.82, 2.24) is 5.32 Å². The van der Waals surface area contributed by atoms with Crippen molar-refractivity contribution in [2.24, 2.45) is 11.8 Å². The number of aliphatic hydroxyl groups excluding tert-OH is 1. The van der Waals surface area contributed by atoms with Crippen LogP contribution in [0, 0.1) is 11.8 Å². The van der Waals surface area contributed by atoms with Gasteiger partial charge in [0.2, 0.25) is 5.91 Å². The Bertz CT molecular complexity index is 206. The molecule has 1 aliphatic rings. The molecule has 0 bridgehead atoms. The summed E-state index contributed by atoms with van der Waals surface area (Å²) in [5.41, 5.74) is 0. The molecule has 1 saturated carbocycles. The average Bonchev–Trinajstić information content (AvgIpc) is 2.65. The summed E-state index contributed by atoms with van der Waals surface area (Å²) in [4.78, 5) is 11.8. The number of carbonyl (C=O) groups is 1. The van der Waals surface area contributed by atoms with Crippen molar-refractivity contribution in [3.05, 3.63) is 0 Å². The van der Waals surface area contributed by atoms with E-state index in [1.807, 2.05) is 6.92 Å². The molecule has 1 fully saturated rings. The molecule has 0 aromatic rings. The van der Waals surface area contributed by atoms with Crippen molar-refractivity contribution in [1.29, 1.82) is 0 Å². The number of amides is 1. The monoisotopic (exact) mass is 213 g/mol. The Balaban J connectivity index is 2.36. The lowest BCUT2D eigenvalue weighted by atomic mass is 10.0. The van der Waals surface area contributed by atoms with Gasteiger partial charge in [-0.25, -0.2) is 0 Å². The highest BCUT2D eigenvalue weighted by molar-refractivity contribution is 5.78. The van der Waals surface area contributed by atoms with Gasteiger partial charge in [-0.05, 0) is 19.3 Å². The van der Waals surface area contributed by atoms with Gasteiger partial charge in [0, 0.05) is 24.5 Å². The number of nitrogens with one attached hydrogen (secondary N) is 1. The molecule has 88 valence electrons. The molecule has 3 atom stereocenters. The third kappa shape index (κ3) is 3.49. The third-order valence-electron chi connectivity index (χ3n) is 3.39. The Kier molecular flexibility index (Phi) is 5.09. The van der Waals surface area contributed by atoms with Gasteiger partial charge in [0.25, 0.3) is 0 Å². The Hall–Kier alpha value is -0.570. The molecule has 0 aromatic heterocycles. The van der Waals surface area contributed by atoms with E-state index in [2.05, 4.69) is 12.2 Å². The van der Waals surface area contributed by atoms with E-state index in [1.165, 1.54) is 0 Å². The molecule has 3 heteroatoms. The minimum absolute atomic E-state index is 0.106. The molecule has 3 nitrogen and oxygen atoms in total. The zero-order valence-corrected chi connectivity index (χ0v) is 9.83. The van der Waals surface area contributed by atoms with Crippen LogP contribution in [0.25, 0.3) is 0 Å². The SMILES string of the molecule is CCCC(C)C(=O)NC1CCCC1CO. The Morgan fingerprint density at radius 2 is 2.27 bits per heavy atom. The van der Waals surface area contributed by atoms with Crippen LogP contribution in [-0.4, -0.2) is 23.7 Å². The van der Waals surface area contributed by atoms with E-state index in [0.29, 0.717) is 0 Å². The highest BCUT2D eigenvalue weighted by atomic mass is 16.3. The lowest BCUT2D eigenvalue weighted by Gasteiger charge is -2.21. The van der Waals surface area contributed by atoms with Gasteiger partial charge in [0.05, 0.1) is 0 Å². The molecule has 0 spiro atoms. The fourth-order valence-electron chi connectivity index (χ4n) is 2.33. The zero-order chi connectivity index (χ0) is 11.3. The van der Waals surface area contributed by atoms with Crippen molar-refractivity contribution in [3.63, 3.8) is 0 Å². The van der Waals surface area contributed by atoms with E-state index in [9.17, 15) is 4.79 Å². The van der Waals surface area contributed by atoms with E-state index < -0.39 is 0 Å². The van der Waals surface area contributed by atoms with Gasteiger partial charge in [-0.1, -0.05) is 26.7 Å². The van der Waals surface area contributed by atoms with Crippen LogP contribution in [0.4, 0.5) is 0 Å². The first-order valence-electron chi connectivity index (χ1n) is 6.10.